The monoisotopic (exact) mass is 473 g/mol. The molecule has 1 aliphatic rings. The number of amides is 1. The lowest BCUT2D eigenvalue weighted by atomic mass is 9.99. The molecule has 0 aliphatic carbocycles. The van der Waals surface area contributed by atoms with Crippen LogP contribution in [-0.4, -0.2) is 42.8 Å². The molecule has 8 heteroatoms. The van der Waals surface area contributed by atoms with Gasteiger partial charge in [-0.2, -0.15) is 4.31 Å². The smallest absolute Gasteiger partial charge is 0.243 e. The quantitative estimate of drug-likeness (QED) is 0.562. The van der Waals surface area contributed by atoms with Crippen molar-refractivity contribution >= 4 is 38.4 Å². The van der Waals surface area contributed by atoms with Crippen molar-refractivity contribution in [3.05, 3.63) is 65.3 Å². The molecule has 4 rings (SSSR count). The molecule has 1 atom stereocenters. The van der Waals surface area contributed by atoms with E-state index in [2.05, 4.69) is 16.8 Å². The molecule has 1 saturated heterocycles. The summed E-state index contributed by atoms with van der Waals surface area (Å²) in [5.41, 5.74) is 2.11. The van der Waals surface area contributed by atoms with Crippen molar-refractivity contribution in [2.75, 3.05) is 19.6 Å². The number of piperidine rings is 1. The van der Waals surface area contributed by atoms with E-state index in [1.807, 2.05) is 42.6 Å². The molecule has 1 amide bonds. The number of benzene rings is 2. The fraction of sp³-hybridized carbons (Fsp3) is 0.375. The maximum absolute atomic E-state index is 13.3. The lowest BCUT2D eigenvalue weighted by Gasteiger charge is -2.31. The van der Waals surface area contributed by atoms with E-state index in [4.69, 9.17) is 11.6 Å². The largest absolute Gasteiger partial charge is 0.355 e. The molecule has 2 heterocycles. The zero-order valence-electron chi connectivity index (χ0n) is 18.1. The number of aryl methyl sites for hydroxylation is 1. The molecule has 0 radical (unpaired) electrons. The van der Waals surface area contributed by atoms with Crippen molar-refractivity contribution in [2.24, 2.45) is 5.92 Å². The van der Waals surface area contributed by atoms with Crippen molar-refractivity contribution in [3.8, 4) is 0 Å². The standard InChI is InChI=1S/C24H28ClN3O3S/c1-2-27-15-12-19-16-22(9-10-23(19)27)32(30,31)28-14-3-4-20(17-28)24(29)26-13-11-18-5-7-21(25)8-6-18/h5-10,12,15-16,20H,2-4,11,13-14,17H2,1H3,(H,26,29)/t20-/m1/s1. The van der Waals surface area contributed by atoms with Gasteiger partial charge in [0.05, 0.1) is 10.8 Å². The Morgan fingerprint density at radius 2 is 1.94 bits per heavy atom. The van der Waals surface area contributed by atoms with Gasteiger partial charge in [0.25, 0.3) is 0 Å². The molecule has 0 spiro atoms. The highest BCUT2D eigenvalue weighted by molar-refractivity contribution is 7.89. The van der Waals surface area contributed by atoms with Gasteiger partial charge in [0.15, 0.2) is 0 Å². The SMILES string of the molecule is CCn1ccc2cc(S(=O)(=O)N3CCC[C@@H](C(=O)NCCc4ccc(Cl)cc4)C3)ccc21. The molecule has 1 fully saturated rings. The van der Waals surface area contributed by atoms with Crippen molar-refractivity contribution in [1.29, 1.82) is 0 Å². The van der Waals surface area contributed by atoms with Crippen LogP contribution in [0.1, 0.15) is 25.3 Å². The molecule has 1 aliphatic heterocycles. The summed E-state index contributed by atoms with van der Waals surface area (Å²) >= 11 is 5.90. The predicted molar refractivity (Wildman–Crippen MR) is 127 cm³/mol. The van der Waals surface area contributed by atoms with Gasteiger partial charge in [0, 0.05) is 48.3 Å². The summed E-state index contributed by atoms with van der Waals surface area (Å²) in [5, 5.41) is 4.55. The Kier molecular flexibility index (Phi) is 6.88. The Bertz CT molecular complexity index is 1200. The first-order valence-electron chi connectivity index (χ1n) is 11.0. The summed E-state index contributed by atoms with van der Waals surface area (Å²) < 4.78 is 30.1. The van der Waals surface area contributed by atoms with E-state index in [-0.39, 0.29) is 23.3 Å². The van der Waals surface area contributed by atoms with E-state index >= 15 is 0 Å². The molecule has 3 aromatic rings. The van der Waals surface area contributed by atoms with Gasteiger partial charge in [-0.15, -0.1) is 0 Å². The highest BCUT2D eigenvalue weighted by Gasteiger charge is 2.33. The number of halogens is 1. The predicted octanol–water partition coefficient (Wildman–Crippen LogP) is 4.07. The number of nitrogens with zero attached hydrogens (tertiary/aromatic N) is 2. The lowest BCUT2D eigenvalue weighted by Crippen LogP contribution is -2.45. The number of hydrogen-bond donors (Lipinski definition) is 1. The van der Waals surface area contributed by atoms with E-state index in [1.165, 1.54) is 4.31 Å². The Morgan fingerprint density at radius 1 is 1.16 bits per heavy atom. The summed E-state index contributed by atoms with van der Waals surface area (Å²) in [7, 11) is -3.65. The normalized spacial score (nSPS) is 17.5. The maximum Gasteiger partial charge on any atom is 0.243 e. The van der Waals surface area contributed by atoms with Gasteiger partial charge >= 0.3 is 0 Å². The molecule has 2 aromatic carbocycles. The van der Waals surface area contributed by atoms with E-state index in [0.29, 0.717) is 37.4 Å². The van der Waals surface area contributed by atoms with Gasteiger partial charge in [-0.1, -0.05) is 23.7 Å². The Morgan fingerprint density at radius 3 is 2.69 bits per heavy atom. The summed E-state index contributed by atoms with van der Waals surface area (Å²) in [5.74, 6) is -0.428. The molecule has 170 valence electrons. The van der Waals surface area contributed by atoms with Gasteiger partial charge in [-0.25, -0.2) is 8.42 Å². The first kappa shape index (κ1) is 22.8. The zero-order valence-corrected chi connectivity index (χ0v) is 19.7. The van der Waals surface area contributed by atoms with Crippen LogP contribution >= 0.6 is 11.6 Å². The first-order chi connectivity index (χ1) is 15.4. The summed E-state index contributed by atoms with van der Waals surface area (Å²) in [4.78, 5) is 13.0. The zero-order chi connectivity index (χ0) is 22.7. The first-order valence-corrected chi connectivity index (χ1v) is 12.8. The fourth-order valence-electron chi connectivity index (χ4n) is 4.26. The van der Waals surface area contributed by atoms with Crippen molar-refractivity contribution < 1.29 is 13.2 Å². The van der Waals surface area contributed by atoms with Crippen molar-refractivity contribution in [3.63, 3.8) is 0 Å². The second-order valence-corrected chi connectivity index (χ2v) is 10.6. The number of carbonyl (C=O) groups excluding carboxylic acids is 1. The van der Waals surface area contributed by atoms with Crippen LogP contribution in [0.2, 0.25) is 5.02 Å². The highest BCUT2D eigenvalue weighted by Crippen LogP contribution is 2.27. The third kappa shape index (κ3) is 4.85. The Labute approximate surface area is 194 Å². The van der Waals surface area contributed by atoms with Gasteiger partial charge in [0.1, 0.15) is 0 Å². The van der Waals surface area contributed by atoms with Crippen molar-refractivity contribution in [2.45, 2.75) is 37.6 Å². The van der Waals surface area contributed by atoms with Crippen LogP contribution < -0.4 is 5.32 Å². The van der Waals surface area contributed by atoms with Crippen LogP contribution in [0.25, 0.3) is 10.9 Å². The number of nitrogens with one attached hydrogen (secondary N) is 1. The molecule has 6 nitrogen and oxygen atoms in total. The third-order valence-electron chi connectivity index (χ3n) is 6.10. The van der Waals surface area contributed by atoms with E-state index in [0.717, 1.165) is 23.0 Å². The molecule has 0 unspecified atom stereocenters. The number of aromatic nitrogens is 1. The average Bonchev–Trinajstić information content (AvgIpc) is 3.23. The number of sulfonamides is 1. The van der Waals surface area contributed by atoms with E-state index in [9.17, 15) is 13.2 Å². The molecule has 1 aromatic heterocycles. The van der Waals surface area contributed by atoms with Gasteiger partial charge in [0.2, 0.25) is 15.9 Å². The fourth-order valence-corrected chi connectivity index (χ4v) is 5.95. The number of fused-ring (bicyclic) bond motifs is 1. The number of hydrogen-bond acceptors (Lipinski definition) is 3. The Balaban J connectivity index is 1.40. The van der Waals surface area contributed by atoms with Gasteiger partial charge in [-0.05, 0) is 68.1 Å². The molecule has 1 N–H and O–H groups in total. The van der Waals surface area contributed by atoms with Gasteiger partial charge in [-0.3, -0.25) is 4.79 Å². The second-order valence-electron chi connectivity index (χ2n) is 8.19. The molecule has 0 bridgehead atoms. The van der Waals surface area contributed by atoms with Crippen LogP contribution in [0.3, 0.4) is 0 Å². The van der Waals surface area contributed by atoms with E-state index < -0.39 is 10.0 Å². The van der Waals surface area contributed by atoms with Crippen LogP contribution in [0, 0.1) is 5.92 Å². The molecule has 0 saturated carbocycles. The van der Waals surface area contributed by atoms with Crippen LogP contribution in [0.5, 0.6) is 0 Å². The molecular weight excluding hydrogens is 446 g/mol. The summed E-state index contributed by atoms with van der Waals surface area (Å²) in [6.07, 6.45) is 4.03. The van der Waals surface area contributed by atoms with Crippen molar-refractivity contribution in [1.82, 2.24) is 14.2 Å². The lowest BCUT2D eigenvalue weighted by molar-refractivity contribution is -0.126. The minimum Gasteiger partial charge on any atom is -0.355 e. The highest BCUT2D eigenvalue weighted by atomic mass is 35.5. The van der Waals surface area contributed by atoms with E-state index in [1.54, 1.807) is 12.1 Å². The van der Waals surface area contributed by atoms with Gasteiger partial charge < -0.3 is 9.88 Å². The topological polar surface area (TPSA) is 71.4 Å². The van der Waals surface area contributed by atoms with Crippen LogP contribution in [0.15, 0.2) is 59.6 Å². The molecular formula is C24H28ClN3O3S. The van der Waals surface area contributed by atoms with Crippen LogP contribution in [-0.2, 0) is 27.8 Å². The number of rotatable bonds is 7. The minimum atomic E-state index is -3.65. The minimum absolute atomic E-state index is 0.0886. The third-order valence-corrected chi connectivity index (χ3v) is 8.22. The second kappa shape index (κ2) is 9.65. The Hall–Kier alpha value is -2.35. The maximum atomic E-state index is 13.3. The summed E-state index contributed by atoms with van der Waals surface area (Å²) in [6.45, 7) is 4.04. The number of carbonyl (C=O) groups is 1. The average molecular weight is 474 g/mol. The van der Waals surface area contributed by atoms with Crippen LogP contribution in [0.4, 0.5) is 0 Å². The summed E-state index contributed by atoms with van der Waals surface area (Å²) in [6, 6.07) is 14.7. The molecule has 32 heavy (non-hydrogen) atoms.